The maximum absolute atomic E-state index is 12.6. The summed E-state index contributed by atoms with van der Waals surface area (Å²) in [6.07, 6.45) is -2.47. The topological polar surface area (TPSA) is 40.6 Å². The zero-order valence-electron chi connectivity index (χ0n) is 13.6. The minimum absolute atomic E-state index is 0.0846. The monoisotopic (exact) mass is 342 g/mol. The molecule has 0 N–H and O–H groups in total. The maximum atomic E-state index is 12.6. The van der Waals surface area contributed by atoms with Crippen molar-refractivity contribution in [2.75, 3.05) is 26.2 Å². The molecular weight excluding hydrogens is 321 g/mol. The van der Waals surface area contributed by atoms with Crippen LogP contribution < -0.4 is 0 Å². The first kappa shape index (κ1) is 18.3. The summed E-state index contributed by atoms with van der Waals surface area (Å²) in [5.41, 5.74) is -0.539. The van der Waals surface area contributed by atoms with E-state index in [1.54, 1.807) is 9.80 Å². The van der Waals surface area contributed by atoms with Gasteiger partial charge in [-0.15, -0.1) is 0 Å². The van der Waals surface area contributed by atoms with Gasteiger partial charge in [-0.2, -0.15) is 13.2 Å². The molecular formula is C17H21F3N2O2. The molecule has 1 aliphatic rings. The molecule has 1 saturated heterocycles. The molecule has 0 aromatic heterocycles. The first-order chi connectivity index (χ1) is 11.3. The fourth-order valence-corrected chi connectivity index (χ4v) is 2.73. The smallest absolute Gasteiger partial charge is 0.341 e. The Morgan fingerprint density at radius 3 is 2.17 bits per heavy atom. The zero-order valence-corrected chi connectivity index (χ0v) is 13.6. The summed E-state index contributed by atoms with van der Waals surface area (Å²) in [4.78, 5) is 27.8. The molecule has 0 radical (unpaired) electrons. The minimum atomic E-state index is -4.41. The van der Waals surface area contributed by atoms with E-state index in [-0.39, 0.29) is 17.4 Å². The molecule has 0 atom stereocenters. The van der Waals surface area contributed by atoms with Crippen LogP contribution >= 0.6 is 0 Å². The lowest BCUT2D eigenvalue weighted by molar-refractivity contribution is -0.137. The third kappa shape index (κ3) is 4.49. The van der Waals surface area contributed by atoms with Crippen LogP contribution in [-0.4, -0.2) is 47.8 Å². The van der Waals surface area contributed by atoms with Crippen molar-refractivity contribution < 1.29 is 22.8 Å². The maximum Gasteiger partial charge on any atom is 0.416 e. The van der Waals surface area contributed by atoms with Crippen LogP contribution in [0.2, 0.25) is 0 Å². The number of benzene rings is 1. The fraction of sp³-hybridized carbons (Fsp3) is 0.529. The summed E-state index contributed by atoms with van der Waals surface area (Å²) in [6, 6.07) is 4.25. The first-order valence-electron chi connectivity index (χ1n) is 8.07. The number of halogens is 3. The Hall–Kier alpha value is -2.05. The Labute approximate surface area is 139 Å². The number of hydrogen-bond donors (Lipinski definition) is 0. The average molecular weight is 342 g/mol. The van der Waals surface area contributed by atoms with Crippen molar-refractivity contribution in [3.8, 4) is 0 Å². The highest BCUT2D eigenvalue weighted by Gasteiger charge is 2.30. The van der Waals surface area contributed by atoms with Crippen molar-refractivity contribution >= 4 is 11.8 Å². The van der Waals surface area contributed by atoms with Crippen LogP contribution in [0.25, 0.3) is 0 Å². The van der Waals surface area contributed by atoms with Gasteiger partial charge in [0.1, 0.15) is 0 Å². The van der Waals surface area contributed by atoms with E-state index in [1.807, 2.05) is 6.92 Å². The Morgan fingerprint density at radius 2 is 1.58 bits per heavy atom. The third-order valence-electron chi connectivity index (χ3n) is 4.06. The van der Waals surface area contributed by atoms with Crippen LogP contribution in [-0.2, 0) is 11.0 Å². The molecule has 4 nitrogen and oxygen atoms in total. The number of carbonyl (C=O) groups excluding carboxylic acids is 2. The highest BCUT2D eigenvalue weighted by atomic mass is 19.4. The van der Waals surface area contributed by atoms with Gasteiger partial charge >= 0.3 is 6.18 Å². The highest BCUT2D eigenvalue weighted by Crippen LogP contribution is 2.29. The highest BCUT2D eigenvalue weighted by molar-refractivity contribution is 5.94. The molecule has 2 amide bonds. The SMILES string of the molecule is CCCC(=O)N1CCCN(C(=O)c2ccc(C(F)(F)F)cc2)CC1. The minimum Gasteiger partial charge on any atom is -0.341 e. The molecule has 7 heteroatoms. The molecule has 0 bridgehead atoms. The number of hydrogen-bond acceptors (Lipinski definition) is 2. The van der Waals surface area contributed by atoms with Crippen molar-refractivity contribution in [1.82, 2.24) is 9.80 Å². The van der Waals surface area contributed by atoms with Gasteiger partial charge in [-0.05, 0) is 37.1 Å². The molecule has 132 valence electrons. The van der Waals surface area contributed by atoms with E-state index < -0.39 is 11.7 Å². The third-order valence-corrected chi connectivity index (χ3v) is 4.06. The molecule has 0 saturated carbocycles. The summed E-state index contributed by atoms with van der Waals surface area (Å²) >= 11 is 0. The van der Waals surface area contributed by atoms with Crippen molar-refractivity contribution in [2.24, 2.45) is 0 Å². The van der Waals surface area contributed by atoms with Crippen LogP contribution in [0.15, 0.2) is 24.3 Å². The number of nitrogens with zero attached hydrogens (tertiary/aromatic N) is 2. The van der Waals surface area contributed by atoms with Crippen LogP contribution in [0.1, 0.15) is 42.1 Å². The summed E-state index contributed by atoms with van der Waals surface area (Å²) in [6.45, 7) is 3.90. The van der Waals surface area contributed by atoms with Gasteiger partial charge in [0.2, 0.25) is 5.91 Å². The van der Waals surface area contributed by atoms with Crippen molar-refractivity contribution in [2.45, 2.75) is 32.4 Å². The molecule has 0 spiro atoms. The lowest BCUT2D eigenvalue weighted by atomic mass is 10.1. The van der Waals surface area contributed by atoms with Crippen LogP contribution in [0.4, 0.5) is 13.2 Å². The fourth-order valence-electron chi connectivity index (χ4n) is 2.73. The van der Waals surface area contributed by atoms with E-state index in [0.29, 0.717) is 39.0 Å². The summed E-state index contributed by atoms with van der Waals surface area (Å²) in [5.74, 6) is -0.213. The van der Waals surface area contributed by atoms with Crippen molar-refractivity contribution in [1.29, 1.82) is 0 Å². The predicted molar refractivity (Wildman–Crippen MR) is 83.5 cm³/mol. The molecule has 1 aromatic rings. The largest absolute Gasteiger partial charge is 0.416 e. The predicted octanol–water partition coefficient (Wildman–Crippen LogP) is 3.18. The van der Waals surface area contributed by atoms with E-state index in [4.69, 9.17) is 0 Å². The number of carbonyl (C=O) groups is 2. The lowest BCUT2D eigenvalue weighted by Gasteiger charge is -2.22. The van der Waals surface area contributed by atoms with E-state index in [1.165, 1.54) is 12.1 Å². The summed E-state index contributed by atoms with van der Waals surface area (Å²) in [5, 5.41) is 0. The van der Waals surface area contributed by atoms with Crippen LogP contribution in [0.3, 0.4) is 0 Å². The van der Waals surface area contributed by atoms with E-state index in [9.17, 15) is 22.8 Å². The summed E-state index contributed by atoms with van der Waals surface area (Å²) in [7, 11) is 0. The summed E-state index contributed by atoms with van der Waals surface area (Å²) < 4.78 is 37.7. The molecule has 1 heterocycles. The van der Waals surface area contributed by atoms with E-state index in [2.05, 4.69) is 0 Å². The zero-order chi connectivity index (χ0) is 17.7. The van der Waals surface area contributed by atoms with E-state index in [0.717, 1.165) is 18.6 Å². The Morgan fingerprint density at radius 1 is 1.00 bits per heavy atom. The molecule has 1 fully saturated rings. The number of alkyl halides is 3. The van der Waals surface area contributed by atoms with Crippen LogP contribution in [0.5, 0.6) is 0 Å². The number of rotatable bonds is 3. The average Bonchev–Trinajstić information content (AvgIpc) is 2.80. The van der Waals surface area contributed by atoms with Crippen molar-refractivity contribution in [3.05, 3.63) is 35.4 Å². The second-order valence-corrected chi connectivity index (χ2v) is 5.85. The Bertz CT molecular complexity index is 584. The van der Waals surface area contributed by atoms with Gasteiger partial charge in [0, 0.05) is 38.2 Å². The van der Waals surface area contributed by atoms with Gasteiger partial charge in [-0.3, -0.25) is 9.59 Å². The van der Waals surface area contributed by atoms with Gasteiger partial charge in [0.05, 0.1) is 5.56 Å². The number of amides is 2. The molecule has 1 aromatic carbocycles. The van der Waals surface area contributed by atoms with Gasteiger partial charge < -0.3 is 9.80 Å². The Balaban J connectivity index is 2.01. The normalized spacial score (nSPS) is 16.0. The van der Waals surface area contributed by atoms with Gasteiger partial charge in [-0.25, -0.2) is 0 Å². The quantitative estimate of drug-likeness (QED) is 0.846. The second-order valence-electron chi connectivity index (χ2n) is 5.85. The first-order valence-corrected chi connectivity index (χ1v) is 8.07. The molecule has 0 aliphatic carbocycles. The molecule has 0 unspecified atom stereocenters. The van der Waals surface area contributed by atoms with Gasteiger partial charge in [0.25, 0.3) is 5.91 Å². The van der Waals surface area contributed by atoms with Gasteiger partial charge in [0.15, 0.2) is 0 Å². The van der Waals surface area contributed by atoms with E-state index >= 15 is 0 Å². The molecule has 1 aliphatic heterocycles. The van der Waals surface area contributed by atoms with Gasteiger partial charge in [-0.1, -0.05) is 6.92 Å². The second kappa shape index (κ2) is 7.68. The molecule has 24 heavy (non-hydrogen) atoms. The Kier molecular flexibility index (Phi) is 5.85. The standard InChI is InChI=1S/C17H21F3N2O2/c1-2-4-15(23)21-9-3-10-22(12-11-21)16(24)13-5-7-14(8-6-13)17(18,19)20/h5-8H,2-4,9-12H2,1H3. The van der Waals surface area contributed by atoms with Crippen molar-refractivity contribution in [3.63, 3.8) is 0 Å². The molecule has 2 rings (SSSR count). The van der Waals surface area contributed by atoms with Crippen LogP contribution in [0, 0.1) is 0 Å². The lowest BCUT2D eigenvalue weighted by Crippen LogP contribution is -2.37.